The van der Waals surface area contributed by atoms with Gasteiger partial charge in [0.05, 0.1) is 16.7 Å². The van der Waals surface area contributed by atoms with Crippen molar-refractivity contribution in [1.82, 2.24) is 4.57 Å². The summed E-state index contributed by atoms with van der Waals surface area (Å²) in [5.41, 5.74) is 17.2. The molecule has 294 valence electrons. The van der Waals surface area contributed by atoms with Crippen LogP contribution in [0.4, 0.5) is 17.1 Å². The molecule has 2 heteroatoms. The van der Waals surface area contributed by atoms with Crippen molar-refractivity contribution in [2.45, 2.75) is 50.4 Å². The normalized spacial score (nSPS) is 24.7. The highest BCUT2D eigenvalue weighted by Crippen LogP contribution is 2.78. The first-order chi connectivity index (χ1) is 30.0. The number of aromatic nitrogens is 1. The molecule has 5 aliphatic carbocycles. The van der Waals surface area contributed by atoms with Crippen LogP contribution in [0.2, 0.25) is 0 Å². The third-order valence-corrected chi connectivity index (χ3v) is 16.8. The zero-order valence-corrected chi connectivity index (χ0v) is 34.9. The van der Waals surface area contributed by atoms with E-state index in [4.69, 9.17) is 0 Å². The van der Waals surface area contributed by atoms with Crippen molar-refractivity contribution in [1.29, 1.82) is 0 Å². The van der Waals surface area contributed by atoms with Crippen molar-refractivity contribution in [3.8, 4) is 27.9 Å². The molecule has 3 atom stereocenters. The maximum absolute atomic E-state index is 2.60. The lowest BCUT2D eigenvalue weighted by atomic mass is 9.58. The van der Waals surface area contributed by atoms with Crippen molar-refractivity contribution >= 4 is 49.6 Å². The Morgan fingerprint density at radius 2 is 1.20 bits per heavy atom. The average molecular weight is 785 g/mol. The van der Waals surface area contributed by atoms with Crippen LogP contribution in [-0.4, -0.2) is 4.57 Å². The molecule has 0 spiro atoms. The van der Waals surface area contributed by atoms with Crippen molar-refractivity contribution in [3.63, 3.8) is 0 Å². The molecule has 5 aliphatic rings. The summed E-state index contributed by atoms with van der Waals surface area (Å²) < 4.78 is 2.48. The van der Waals surface area contributed by atoms with Crippen LogP contribution in [0.5, 0.6) is 0 Å². The molecule has 0 saturated heterocycles. The Bertz CT molecular complexity index is 3280. The molecular weight excluding hydrogens is 737 g/mol. The van der Waals surface area contributed by atoms with E-state index in [0.29, 0.717) is 5.41 Å². The molecule has 1 heterocycles. The minimum Gasteiger partial charge on any atom is -0.310 e. The van der Waals surface area contributed by atoms with Gasteiger partial charge >= 0.3 is 0 Å². The molecule has 61 heavy (non-hydrogen) atoms. The van der Waals surface area contributed by atoms with E-state index in [9.17, 15) is 0 Å². The van der Waals surface area contributed by atoms with Gasteiger partial charge in [0.2, 0.25) is 0 Å². The van der Waals surface area contributed by atoms with Crippen molar-refractivity contribution in [2.24, 2.45) is 29.6 Å². The summed E-state index contributed by atoms with van der Waals surface area (Å²) in [5.74, 6) is 4.76. The van der Waals surface area contributed by atoms with Crippen LogP contribution in [0.3, 0.4) is 0 Å². The van der Waals surface area contributed by atoms with E-state index in [-0.39, 0.29) is 5.41 Å². The van der Waals surface area contributed by atoms with Gasteiger partial charge < -0.3 is 9.47 Å². The summed E-state index contributed by atoms with van der Waals surface area (Å²) in [6, 6.07) is 66.7. The van der Waals surface area contributed by atoms with E-state index >= 15 is 0 Å². The fourth-order valence-corrected chi connectivity index (χ4v) is 14.7. The molecule has 4 fully saturated rings. The Balaban J connectivity index is 0.913. The zero-order valence-electron chi connectivity index (χ0n) is 34.9. The molecule has 6 bridgehead atoms. The number of hydrogen-bond acceptors (Lipinski definition) is 1. The van der Waals surface area contributed by atoms with E-state index < -0.39 is 0 Å². The van der Waals surface area contributed by atoms with Gasteiger partial charge in [-0.1, -0.05) is 135 Å². The van der Waals surface area contributed by atoms with Gasteiger partial charge in [0, 0.05) is 38.8 Å². The first-order valence-electron chi connectivity index (χ1n) is 22.7. The molecule has 4 saturated carbocycles. The Morgan fingerprint density at radius 3 is 2.02 bits per heavy atom. The monoisotopic (exact) mass is 784 g/mol. The number of nitrogens with zero attached hydrogens (tertiary/aromatic N) is 2. The molecule has 8 aromatic carbocycles. The van der Waals surface area contributed by atoms with Crippen molar-refractivity contribution < 1.29 is 0 Å². The van der Waals surface area contributed by atoms with Crippen LogP contribution in [0.15, 0.2) is 176 Å². The number of hydrogen-bond donors (Lipinski definition) is 0. The third kappa shape index (κ3) is 4.53. The van der Waals surface area contributed by atoms with Crippen LogP contribution in [0.1, 0.15) is 56.2 Å². The molecule has 0 amide bonds. The Labute approximate surface area is 358 Å². The summed E-state index contributed by atoms with van der Waals surface area (Å²) >= 11 is 0. The molecular formula is C59H48N2. The van der Waals surface area contributed by atoms with Gasteiger partial charge in [0.1, 0.15) is 0 Å². The van der Waals surface area contributed by atoms with Gasteiger partial charge in [0.15, 0.2) is 0 Å². The van der Waals surface area contributed by atoms with Gasteiger partial charge in [-0.25, -0.2) is 0 Å². The van der Waals surface area contributed by atoms with Gasteiger partial charge in [0.25, 0.3) is 0 Å². The van der Waals surface area contributed by atoms with E-state index in [1.54, 1.807) is 5.56 Å². The fourth-order valence-electron chi connectivity index (χ4n) is 14.7. The summed E-state index contributed by atoms with van der Waals surface area (Å²) in [5, 5.41) is 5.16. The van der Waals surface area contributed by atoms with Gasteiger partial charge in [-0.3, -0.25) is 0 Å². The molecule has 1 unspecified atom stereocenters. The van der Waals surface area contributed by atoms with Gasteiger partial charge in [-0.05, 0) is 159 Å². The summed E-state index contributed by atoms with van der Waals surface area (Å²) in [6.45, 7) is 4.79. The second kappa shape index (κ2) is 12.1. The molecule has 0 radical (unpaired) electrons. The Morgan fingerprint density at radius 1 is 0.508 bits per heavy atom. The maximum atomic E-state index is 2.60. The van der Waals surface area contributed by atoms with E-state index in [1.807, 2.05) is 0 Å². The second-order valence-corrected chi connectivity index (χ2v) is 19.8. The molecule has 0 aliphatic heterocycles. The quantitative estimate of drug-likeness (QED) is 0.163. The average Bonchev–Trinajstić information content (AvgIpc) is 4.14. The molecule has 0 N–H and O–H groups in total. The number of anilines is 3. The van der Waals surface area contributed by atoms with Crippen LogP contribution < -0.4 is 4.90 Å². The third-order valence-electron chi connectivity index (χ3n) is 16.8. The van der Waals surface area contributed by atoms with Gasteiger partial charge in [-0.15, -0.1) is 0 Å². The van der Waals surface area contributed by atoms with E-state index in [1.165, 1.54) is 114 Å². The summed E-state index contributed by atoms with van der Waals surface area (Å²) in [6.07, 6.45) is 5.80. The predicted octanol–water partition coefficient (Wildman–Crippen LogP) is 15.3. The smallest absolute Gasteiger partial charge is 0.0547 e. The highest BCUT2D eigenvalue weighted by atomic mass is 15.1. The molecule has 9 aromatic rings. The van der Waals surface area contributed by atoms with Crippen LogP contribution in [0, 0.1) is 29.6 Å². The lowest BCUT2D eigenvalue weighted by molar-refractivity contribution is 0.108. The fraction of sp³-hybridized carbons (Fsp3) is 0.220. The summed E-state index contributed by atoms with van der Waals surface area (Å²) in [4.78, 5) is 2.55. The molecule has 1 aromatic heterocycles. The lowest BCUT2D eigenvalue weighted by Crippen LogP contribution is -2.40. The van der Waals surface area contributed by atoms with Crippen LogP contribution in [-0.2, 0) is 10.8 Å². The number of fused-ring (bicyclic) bond motifs is 8. The van der Waals surface area contributed by atoms with E-state index in [0.717, 1.165) is 29.6 Å². The minimum absolute atomic E-state index is 0.0793. The predicted molar refractivity (Wildman–Crippen MR) is 254 cm³/mol. The Hall–Kier alpha value is -6.38. The van der Waals surface area contributed by atoms with E-state index in [2.05, 4.69) is 199 Å². The standard InChI is InChI=1S/C59H48N2/c1-58(2)50-19-8-5-17-47(50)48-28-27-44(33-51(48)58)60(43-14-11-13-41(32-43)59-34-39-30-38-31-40(35-59)55(39)57(38)59)42-25-22-37(23-26-42)45-15-6-9-20-52(45)61-53-21-10-7-18-49(53)56-46-16-4-3-12-36(46)24-29-54(56)61/h3-29,32-33,38-40,55,57H,30-31,34-35H2,1-2H3/t38?,39-,40-,55?,57?,59?/m0/s1. The van der Waals surface area contributed by atoms with Crippen molar-refractivity contribution in [3.05, 3.63) is 193 Å². The minimum atomic E-state index is -0.0793. The molecule has 14 rings (SSSR count). The number of para-hydroxylation sites is 2. The highest BCUT2D eigenvalue weighted by Gasteiger charge is 2.72. The van der Waals surface area contributed by atoms with Crippen LogP contribution >= 0.6 is 0 Å². The maximum Gasteiger partial charge on any atom is 0.0547 e. The largest absolute Gasteiger partial charge is 0.310 e. The first-order valence-corrected chi connectivity index (χ1v) is 22.7. The SMILES string of the molecule is CC1(C)c2ccccc2-c2ccc(N(c3ccc(-c4ccccc4-n4c5ccccc5c5c6ccccc6ccc54)cc3)c3cccc(C45C[C@@H]6CC7C[C@@H](C4)C6C75)c3)cc21. The van der Waals surface area contributed by atoms with Crippen molar-refractivity contribution in [2.75, 3.05) is 4.90 Å². The van der Waals surface area contributed by atoms with Crippen LogP contribution in [0.25, 0.3) is 60.5 Å². The Kier molecular flexibility index (Phi) is 6.83. The highest BCUT2D eigenvalue weighted by molar-refractivity contribution is 6.21. The lowest BCUT2D eigenvalue weighted by Gasteiger charge is -2.46. The number of rotatable bonds is 6. The van der Waals surface area contributed by atoms with Gasteiger partial charge in [-0.2, -0.15) is 0 Å². The number of benzene rings is 8. The summed E-state index contributed by atoms with van der Waals surface area (Å²) in [7, 11) is 0. The first kappa shape index (κ1) is 34.3. The molecule has 2 nitrogen and oxygen atoms in total. The topological polar surface area (TPSA) is 8.17 Å². The zero-order chi connectivity index (χ0) is 40.2. The second-order valence-electron chi connectivity index (χ2n) is 19.8.